The highest BCUT2D eigenvalue weighted by Crippen LogP contribution is 2.23. The molecule has 0 radical (unpaired) electrons. The number of amides is 1. The van der Waals surface area contributed by atoms with Crippen LogP contribution >= 0.6 is 0 Å². The van der Waals surface area contributed by atoms with E-state index in [-0.39, 0.29) is 5.69 Å². The Morgan fingerprint density at radius 1 is 1.14 bits per heavy atom. The summed E-state index contributed by atoms with van der Waals surface area (Å²) in [6, 6.07) is 11.8. The maximum Gasteiger partial charge on any atom is 0.422 e. The molecule has 0 saturated heterocycles. The minimum absolute atomic E-state index is 0.232. The lowest BCUT2D eigenvalue weighted by atomic mass is 10.2. The van der Waals surface area contributed by atoms with E-state index in [4.69, 9.17) is 9.47 Å². The first kappa shape index (κ1) is 20.4. The molecule has 0 saturated carbocycles. The Hall–Kier alpha value is -3.34. The molecule has 1 heterocycles. The number of carbonyl (C=O) groups excluding carboxylic acids is 1. The van der Waals surface area contributed by atoms with Gasteiger partial charge < -0.3 is 9.47 Å². The zero-order chi connectivity index (χ0) is 21.2. The second kappa shape index (κ2) is 7.59. The van der Waals surface area contributed by atoms with Crippen LogP contribution in [0.15, 0.2) is 42.5 Å². The van der Waals surface area contributed by atoms with E-state index in [0.717, 1.165) is 5.52 Å². The number of nitrogens with one attached hydrogen (secondary N) is 2. The zero-order valence-corrected chi connectivity index (χ0v) is 17.1. The molecule has 1 aromatic heterocycles. The molecule has 0 aliphatic heterocycles. The fraction of sp³-hybridized carbons (Fsp3) is 0.278. The van der Waals surface area contributed by atoms with Crippen molar-refractivity contribution in [2.24, 2.45) is 0 Å². The second-order valence-electron chi connectivity index (χ2n) is 7.12. The molecule has 0 bridgehead atoms. The molecule has 29 heavy (non-hydrogen) atoms. The van der Waals surface area contributed by atoms with Crippen LogP contribution in [-0.4, -0.2) is 42.2 Å². The van der Waals surface area contributed by atoms with E-state index >= 15 is 0 Å². The molecule has 154 valence electrons. The van der Waals surface area contributed by atoms with E-state index in [1.165, 1.54) is 0 Å². The summed E-state index contributed by atoms with van der Waals surface area (Å²) in [6.45, 7) is 4.90. The van der Waals surface area contributed by atoms with Crippen molar-refractivity contribution >= 4 is 33.0 Å². The Morgan fingerprint density at radius 3 is 2.59 bits per heavy atom. The Bertz CT molecular complexity index is 1150. The van der Waals surface area contributed by atoms with E-state index in [9.17, 15) is 13.2 Å². The number of rotatable bonds is 5. The Morgan fingerprint density at radius 2 is 1.90 bits per heavy atom. The molecule has 0 unspecified atom stereocenters. The van der Waals surface area contributed by atoms with E-state index < -0.39 is 21.9 Å². The predicted molar refractivity (Wildman–Crippen MR) is 107 cm³/mol. The maximum absolute atomic E-state index is 12.2. The fourth-order valence-electron chi connectivity index (χ4n) is 2.51. The lowest BCUT2D eigenvalue weighted by molar-refractivity contribution is 0.0570. The molecule has 3 rings (SSSR count). The molecule has 3 aromatic rings. The number of ether oxygens (including phenoxy) is 2. The van der Waals surface area contributed by atoms with E-state index in [0.29, 0.717) is 17.0 Å². The highest BCUT2D eigenvalue weighted by Gasteiger charge is 2.21. The number of aromatic nitrogens is 3. The van der Waals surface area contributed by atoms with Gasteiger partial charge in [-0.25, -0.2) is 14.2 Å². The van der Waals surface area contributed by atoms with Crippen LogP contribution in [-0.2, 0) is 14.9 Å². The number of anilines is 1. The molecule has 0 atom stereocenters. The summed E-state index contributed by atoms with van der Waals surface area (Å²) in [7, 11) is -2.62. The van der Waals surface area contributed by atoms with Gasteiger partial charge in [0.15, 0.2) is 0 Å². The van der Waals surface area contributed by atoms with Gasteiger partial charge in [0.1, 0.15) is 16.9 Å². The van der Waals surface area contributed by atoms with Crippen LogP contribution in [0, 0.1) is 0 Å². The summed E-state index contributed by atoms with van der Waals surface area (Å²) in [6.07, 6.45) is -1.07. The normalized spacial score (nSPS) is 11.9. The Kier molecular flexibility index (Phi) is 5.33. The predicted octanol–water partition coefficient (Wildman–Crippen LogP) is 2.61. The number of hydrogen-bond donors (Lipinski definition) is 2. The molecule has 0 aliphatic rings. The SMILES string of the molecule is COc1ccc2c(c1)nnn2-c1cccc(NS(=O)(=O)NC(=O)OC(C)(C)C)c1. The summed E-state index contributed by atoms with van der Waals surface area (Å²) in [5.74, 6) is 0.652. The number of nitrogens with zero attached hydrogens (tertiary/aromatic N) is 3. The molecule has 0 fully saturated rings. The van der Waals surface area contributed by atoms with Gasteiger partial charge in [-0.2, -0.15) is 8.42 Å². The van der Waals surface area contributed by atoms with Crippen LogP contribution < -0.4 is 14.2 Å². The van der Waals surface area contributed by atoms with Crippen LogP contribution in [0.4, 0.5) is 10.5 Å². The van der Waals surface area contributed by atoms with Gasteiger partial charge in [-0.3, -0.25) is 4.72 Å². The summed E-state index contributed by atoms with van der Waals surface area (Å²) >= 11 is 0. The average Bonchev–Trinajstić information content (AvgIpc) is 3.02. The summed E-state index contributed by atoms with van der Waals surface area (Å²) in [5.41, 5.74) is 1.33. The number of methoxy groups -OCH3 is 1. The first-order chi connectivity index (χ1) is 13.6. The quantitative estimate of drug-likeness (QED) is 0.651. The van der Waals surface area contributed by atoms with E-state index in [1.54, 1.807) is 75.0 Å². The maximum atomic E-state index is 12.2. The van der Waals surface area contributed by atoms with Crippen LogP contribution in [0.5, 0.6) is 5.75 Å². The largest absolute Gasteiger partial charge is 0.497 e. The second-order valence-corrected chi connectivity index (χ2v) is 8.53. The molecule has 2 N–H and O–H groups in total. The topological polar surface area (TPSA) is 124 Å². The van der Waals surface area contributed by atoms with Gasteiger partial charge in [0.05, 0.1) is 24.0 Å². The van der Waals surface area contributed by atoms with Crippen molar-refractivity contribution in [1.29, 1.82) is 0 Å². The monoisotopic (exact) mass is 419 g/mol. The number of fused-ring (bicyclic) bond motifs is 1. The highest BCUT2D eigenvalue weighted by molar-refractivity contribution is 7.91. The Balaban J connectivity index is 1.82. The minimum atomic E-state index is -4.18. The zero-order valence-electron chi connectivity index (χ0n) is 16.3. The number of hydrogen-bond acceptors (Lipinski definition) is 7. The molecule has 1 amide bonds. The Labute approximate surface area is 168 Å². The van der Waals surface area contributed by atoms with Crippen molar-refractivity contribution in [3.8, 4) is 11.4 Å². The summed E-state index contributed by atoms with van der Waals surface area (Å²) in [5, 5.41) is 8.21. The van der Waals surface area contributed by atoms with Crippen LogP contribution in [0.3, 0.4) is 0 Å². The molecule has 2 aromatic carbocycles. The smallest absolute Gasteiger partial charge is 0.422 e. The molecular formula is C18H21N5O5S. The molecular weight excluding hydrogens is 398 g/mol. The first-order valence-corrected chi connectivity index (χ1v) is 10.1. The van der Waals surface area contributed by atoms with Crippen molar-refractivity contribution in [3.63, 3.8) is 0 Å². The van der Waals surface area contributed by atoms with Gasteiger partial charge >= 0.3 is 16.3 Å². The third-order valence-corrected chi connectivity index (χ3v) is 4.55. The lowest BCUT2D eigenvalue weighted by Crippen LogP contribution is -2.39. The van der Waals surface area contributed by atoms with Gasteiger partial charge in [-0.1, -0.05) is 11.3 Å². The van der Waals surface area contributed by atoms with Gasteiger partial charge in [0.25, 0.3) is 0 Å². The van der Waals surface area contributed by atoms with E-state index in [1.807, 2.05) is 4.72 Å². The summed E-state index contributed by atoms with van der Waals surface area (Å²) in [4.78, 5) is 11.7. The fourth-order valence-corrected chi connectivity index (χ4v) is 3.26. The standard InChI is InChI=1S/C18H21N5O5S/c1-18(2,3)28-17(24)21-29(25,26)20-12-6-5-7-13(10-12)23-16-9-8-14(27-4)11-15(16)19-22-23/h5-11,20H,1-4H3,(H,21,24). The van der Waals surface area contributed by atoms with Crippen LogP contribution in [0.1, 0.15) is 20.8 Å². The van der Waals surface area contributed by atoms with Gasteiger partial charge in [0.2, 0.25) is 0 Å². The lowest BCUT2D eigenvalue weighted by Gasteiger charge is -2.19. The van der Waals surface area contributed by atoms with Crippen molar-refractivity contribution in [3.05, 3.63) is 42.5 Å². The average molecular weight is 419 g/mol. The van der Waals surface area contributed by atoms with Crippen LogP contribution in [0.25, 0.3) is 16.7 Å². The third kappa shape index (κ3) is 5.13. The van der Waals surface area contributed by atoms with Gasteiger partial charge in [0, 0.05) is 6.07 Å². The van der Waals surface area contributed by atoms with Crippen molar-refractivity contribution < 1.29 is 22.7 Å². The van der Waals surface area contributed by atoms with Crippen LogP contribution in [0.2, 0.25) is 0 Å². The molecule has 10 nitrogen and oxygen atoms in total. The summed E-state index contributed by atoms with van der Waals surface area (Å²) < 4.78 is 40.2. The van der Waals surface area contributed by atoms with Crippen molar-refractivity contribution in [2.75, 3.05) is 11.8 Å². The van der Waals surface area contributed by atoms with Gasteiger partial charge in [-0.05, 0) is 51.1 Å². The molecule has 11 heteroatoms. The number of carbonyl (C=O) groups is 1. The minimum Gasteiger partial charge on any atom is -0.497 e. The van der Waals surface area contributed by atoms with Crippen molar-refractivity contribution in [2.45, 2.75) is 26.4 Å². The number of benzene rings is 2. The van der Waals surface area contributed by atoms with E-state index in [2.05, 4.69) is 15.0 Å². The van der Waals surface area contributed by atoms with Crippen molar-refractivity contribution in [1.82, 2.24) is 19.7 Å². The molecule has 0 aliphatic carbocycles. The molecule has 0 spiro atoms. The highest BCUT2D eigenvalue weighted by atomic mass is 32.2. The van der Waals surface area contributed by atoms with Gasteiger partial charge in [-0.15, -0.1) is 5.10 Å². The first-order valence-electron chi connectivity index (χ1n) is 8.60. The third-order valence-electron chi connectivity index (χ3n) is 3.61.